The summed E-state index contributed by atoms with van der Waals surface area (Å²) >= 11 is 3.27. The highest BCUT2D eigenvalue weighted by molar-refractivity contribution is 9.09. The normalized spacial score (nSPS) is 8.50. The van der Waals surface area contributed by atoms with Crippen LogP contribution in [0.1, 0.15) is 25.7 Å². The Morgan fingerprint density at radius 2 is 1.90 bits per heavy atom. The summed E-state index contributed by atoms with van der Waals surface area (Å²) in [4.78, 5) is 9.95. The number of unbranched alkanes of at least 4 members (excludes halogenated alkanes) is 2. The first-order chi connectivity index (χ1) is 4.27. The molecule has 0 fully saturated rings. The molecule has 0 bridgehead atoms. The van der Waals surface area contributed by atoms with Crippen molar-refractivity contribution in [2.24, 2.45) is 0 Å². The summed E-state index contributed by atoms with van der Waals surface area (Å²) in [5.41, 5.74) is 0. The molecule has 0 aliphatic heterocycles. The molecule has 0 aromatic heterocycles. The monoisotopic (exact) mass is 274 g/mol. The fourth-order valence-electron chi connectivity index (χ4n) is 0.547. The Morgan fingerprint density at radius 3 is 2.30 bits per heavy atom. The van der Waals surface area contributed by atoms with Crippen LogP contribution in [0, 0.1) is 0 Å². The maximum atomic E-state index is 9.95. The lowest BCUT2D eigenvalue weighted by Crippen LogP contribution is -1.93. The summed E-state index contributed by atoms with van der Waals surface area (Å²) in [6, 6.07) is 0. The van der Waals surface area contributed by atoms with Gasteiger partial charge in [0.15, 0.2) is 0 Å². The Kier molecular flexibility index (Phi) is 12.3. The number of alkyl halides is 1. The molecule has 0 saturated heterocycles. The van der Waals surface area contributed by atoms with Crippen molar-refractivity contribution in [3.63, 3.8) is 0 Å². The predicted molar refractivity (Wildman–Crippen MR) is 50.2 cm³/mol. The van der Waals surface area contributed by atoms with Crippen molar-refractivity contribution in [1.82, 2.24) is 0 Å². The van der Waals surface area contributed by atoms with Crippen LogP contribution in [-0.4, -0.2) is 16.4 Å². The van der Waals surface area contributed by atoms with Crippen LogP contribution < -0.4 is 0 Å². The zero-order valence-corrected chi connectivity index (χ0v) is 8.98. The minimum atomic E-state index is -0.690. The molecule has 62 valence electrons. The Bertz CT molecular complexity index is 85.8. The summed E-state index contributed by atoms with van der Waals surface area (Å²) in [6.07, 6.45) is 3.21. The molecule has 4 heteroatoms. The van der Waals surface area contributed by atoms with Gasteiger partial charge in [-0.15, -0.1) is 17.0 Å². The van der Waals surface area contributed by atoms with E-state index >= 15 is 0 Å². The van der Waals surface area contributed by atoms with E-state index in [0.717, 1.165) is 24.6 Å². The molecule has 0 aromatic carbocycles. The lowest BCUT2D eigenvalue weighted by molar-refractivity contribution is -0.137. The van der Waals surface area contributed by atoms with Gasteiger partial charge in [0, 0.05) is 11.8 Å². The fourth-order valence-corrected chi connectivity index (χ4v) is 0.944. The first kappa shape index (κ1) is 13.1. The van der Waals surface area contributed by atoms with Crippen molar-refractivity contribution < 1.29 is 9.90 Å². The van der Waals surface area contributed by atoms with Crippen LogP contribution in [-0.2, 0) is 4.79 Å². The summed E-state index contributed by atoms with van der Waals surface area (Å²) in [5.74, 6) is -0.690. The van der Waals surface area contributed by atoms with Crippen LogP contribution >= 0.6 is 32.9 Å². The van der Waals surface area contributed by atoms with Crippen molar-refractivity contribution >= 4 is 38.9 Å². The van der Waals surface area contributed by atoms with Gasteiger partial charge in [0.05, 0.1) is 0 Å². The average molecular weight is 276 g/mol. The third kappa shape index (κ3) is 11.3. The van der Waals surface area contributed by atoms with Crippen LogP contribution in [0.4, 0.5) is 0 Å². The zero-order valence-electron chi connectivity index (χ0n) is 5.68. The number of halogens is 2. The largest absolute Gasteiger partial charge is 0.481 e. The highest BCUT2D eigenvalue weighted by Gasteiger charge is 1.94. The summed E-state index contributed by atoms with van der Waals surface area (Å²) in [7, 11) is 0. The molecule has 0 amide bonds. The van der Waals surface area contributed by atoms with Crippen molar-refractivity contribution in [3.8, 4) is 0 Å². The molecule has 0 radical (unpaired) electrons. The lowest BCUT2D eigenvalue weighted by Gasteiger charge is -1.92. The fraction of sp³-hybridized carbons (Fsp3) is 0.833. The third-order valence-corrected chi connectivity index (χ3v) is 1.59. The van der Waals surface area contributed by atoms with Gasteiger partial charge in [0.2, 0.25) is 0 Å². The van der Waals surface area contributed by atoms with Crippen LogP contribution in [0.3, 0.4) is 0 Å². The van der Waals surface area contributed by atoms with E-state index in [2.05, 4.69) is 15.9 Å². The van der Waals surface area contributed by atoms with Gasteiger partial charge < -0.3 is 5.11 Å². The lowest BCUT2D eigenvalue weighted by atomic mass is 10.2. The maximum absolute atomic E-state index is 9.95. The minimum Gasteiger partial charge on any atom is -0.481 e. The van der Waals surface area contributed by atoms with Gasteiger partial charge in [0.1, 0.15) is 0 Å². The number of carboxylic acids is 1. The Labute approximate surface area is 79.9 Å². The molecule has 0 aliphatic carbocycles. The molecule has 2 nitrogen and oxygen atoms in total. The number of carboxylic acid groups (broad SMARTS) is 1. The summed E-state index contributed by atoms with van der Waals surface area (Å²) in [5, 5.41) is 9.18. The van der Waals surface area contributed by atoms with Crippen LogP contribution in [0.2, 0.25) is 0 Å². The summed E-state index contributed by atoms with van der Waals surface area (Å²) < 4.78 is 0. The van der Waals surface area contributed by atoms with E-state index in [-0.39, 0.29) is 17.0 Å². The standard InChI is InChI=1S/C6H11BrO2.BrH/c7-5-3-1-2-4-6(8)9;/h1-5H2,(H,8,9);1H. The number of carbonyl (C=O) groups is 1. The molecule has 0 rings (SSSR count). The second kappa shape index (κ2) is 9.43. The first-order valence-electron chi connectivity index (χ1n) is 3.05. The number of aliphatic carboxylic acids is 1. The highest BCUT2D eigenvalue weighted by atomic mass is 79.9. The zero-order chi connectivity index (χ0) is 7.11. The van der Waals surface area contributed by atoms with Gasteiger partial charge in [-0.1, -0.05) is 22.4 Å². The SMILES string of the molecule is Br.O=C(O)CCCCCBr. The third-order valence-electron chi connectivity index (χ3n) is 1.02. The van der Waals surface area contributed by atoms with Crippen molar-refractivity contribution in [1.29, 1.82) is 0 Å². The van der Waals surface area contributed by atoms with Gasteiger partial charge in [0.25, 0.3) is 0 Å². The molecule has 0 heterocycles. The van der Waals surface area contributed by atoms with Crippen LogP contribution in [0.25, 0.3) is 0 Å². The minimum absolute atomic E-state index is 0. The highest BCUT2D eigenvalue weighted by Crippen LogP contribution is 2.01. The topological polar surface area (TPSA) is 37.3 Å². The summed E-state index contributed by atoms with van der Waals surface area (Å²) in [6.45, 7) is 0. The van der Waals surface area contributed by atoms with E-state index in [1.807, 2.05) is 0 Å². The molecule has 0 unspecified atom stereocenters. The van der Waals surface area contributed by atoms with E-state index in [4.69, 9.17) is 5.11 Å². The number of hydrogen-bond acceptors (Lipinski definition) is 1. The van der Waals surface area contributed by atoms with E-state index in [0.29, 0.717) is 6.42 Å². The average Bonchev–Trinajstić information content (AvgIpc) is 1.80. The van der Waals surface area contributed by atoms with Crippen molar-refractivity contribution in [2.75, 3.05) is 5.33 Å². The number of rotatable bonds is 5. The van der Waals surface area contributed by atoms with Gasteiger partial charge in [-0.25, -0.2) is 0 Å². The smallest absolute Gasteiger partial charge is 0.303 e. The number of hydrogen-bond donors (Lipinski definition) is 1. The van der Waals surface area contributed by atoms with Gasteiger partial charge in [-0.05, 0) is 12.8 Å². The quantitative estimate of drug-likeness (QED) is 0.619. The van der Waals surface area contributed by atoms with Crippen molar-refractivity contribution in [2.45, 2.75) is 25.7 Å². The van der Waals surface area contributed by atoms with Crippen molar-refractivity contribution in [3.05, 3.63) is 0 Å². The molecule has 0 atom stereocenters. The molecule has 10 heavy (non-hydrogen) atoms. The maximum Gasteiger partial charge on any atom is 0.303 e. The van der Waals surface area contributed by atoms with E-state index in [9.17, 15) is 4.79 Å². The van der Waals surface area contributed by atoms with Crippen LogP contribution in [0.15, 0.2) is 0 Å². The van der Waals surface area contributed by atoms with E-state index < -0.39 is 5.97 Å². The van der Waals surface area contributed by atoms with Crippen LogP contribution in [0.5, 0.6) is 0 Å². The van der Waals surface area contributed by atoms with E-state index in [1.165, 1.54) is 0 Å². The molecular formula is C6H12Br2O2. The van der Waals surface area contributed by atoms with Gasteiger partial charge >= 0.3 is 5.97 Å². The Morgan fingerprint density at radius 1 is 1.30 bits per heavy atom. The second-order valence-electron chi connectivity index (χ2n) is 1.89. The van der Waals surface area contributed by atoms with E-state index in [1.54, 1.807) is 0 Å². The molecule has 0 saturated carbocycles. The second-order valence-corrected chi connectivity index (χ2v) is 2.69. The molecule has 1 N–H and O–H groups in total. The molecule has 0 aliphatic rings. The Balaban J connectivity index is 0. The Hall–Kier alpha value is 0.430. The molecule has 0 aromatic rings. The molecular weight excluding hydrogens is 264 g/mol. The first-order valence-corrected chi connectivity index (χ1v) is 4.17. The molecule has 0 spiro atoms. The van der Waals surface area contributed by atoms with Gasteiger partial charge in [-0.2, -0.15) is 0 Å². The van der Waals surface area contributed by atoms with Gasteiger partial charge in [-0.3, -0.25) is 4.79 Å². The predicted octanol–water partition coefficient (Wildman–Crippen LogP) is 2.60.